The van der Waals surface area contributed by atoms with E-state index in [1.165, 1.54) is 0 Å². The maximum absolute atomic E-state index is 12.6. The standard InChI is InChI=1S/C17H15BrO3/c1-20-16-7-6-12(18)8-11(16)9-15(19)14-10-21-17-5-3-2-4-13(14)17/h2-8,14H,9-10H2,1H3. The number of rotatable bonds is 4. The van der Waals surface area contributed by atoms with E-state index >= 15 is 0 Å². The predicted octanol–water partition coefficient (Wildman–Crippen LogP) is 3.75. The van der Waals surface area contributed by atoms with Crippen LogP contribution in [-0.2, 0) is 11.2 Å². The normalized spacial score (nSPS) is 16.2. The summed E-state index contributed by atoms with van der Waals surface area (Å²) in [5.74, 6) is 1.51. The van der Waals surface area contributed by atoms with Crippen LogP contribution in [0.3, 0.4) is 0 Å². The second kappa shape index (κ2) is 5.90. The lowest BCUT2D eigenvalue weighted by Gasteiger charge is -2.11. The second-order valence-corrected chi connectivity index (χ2v) is 5.92. The molecule has 1 aliphatic heterocycles. The Labute approximate surface area is 132 Å². The molecule has 0 bridgehead atoms. The maximum Gasteiger partial charge on any atom is 0.148 e. The van der Waals surface area contributed by atoms with Crippen molar-refractivity contribution in [2.45, 2.75) is 12.3 Å². The fourth-order valence-corrected chi connectivity index (χ4v) is 3.03. The van der Waals surface area contributed by atoms with Crippen LogP contribution in [0.1, 0.15) is 17.0 Å². The van der Waals surface area contributed by atoms with Crippen molar-refractivity contribution in [3.8, 4) is 11.5 Å². The summed E-state index contributed by atoms with van der Waals surface area (Å²) in [6.07, 6.45) is 0.338. The maximum atomic E-state index is 12.6. The molecule has 0 saturated heterocycles. The Bertz CT molecular complexity index is 681. The highest BCUT2D eigenvalue weighted by Crippen LogP contribution is 2.35. The highest BCUT2D eigenvalue weighted by atomic mass is 79.9. The molecule has 1 aliphatic rings. The Morgan fingerprint density at radius 3 is 2.95 bits per heavy atom. The van der Waals surface area contributed by atoms with Crippen LogP contribution < -0.4 is 9.47 Å². The van der Waals surface area contributed by atoms with E-state index in [0.717, 1.165) is 27.1 Å². The van der Waals surface area contributed by atoms with Crippen LogP contribution in [0.4, 0.5) is 0 Å². The van der Waals surface area contributed by atoms with Gasteiger partial charge in [0.1, 0.15) is 23.9 Å². The Hall–Kier alpha value is -1.81. The molecule has 0 fully saturated rings. The molecule has 3 nitrogen and oxygen atoms in total. The van der Waals surface area contributed by atoms with Crippen molar-refractivity contribution in [3.05, 3.63) is 58.1 Å². The van der Waals surface area contributed by atoms with Crippen LogP contribution in [0, 0.1) is 0 Å². The van der Waals surface area contributed by atoms with Gasteiger partial charge in [-0.05, 0) is 24.3 Å². The first-order valence-corrected chi connectivity index (χ1v) is 7.55. The molecule has 4 heteroatoms. The number of hydrogen-bond donors (Lipinski definition) is 0. The molecule has 0 saturated carbocycles. The van der Waals surface area contributed by atoms with E-state index in [0.29, 0.717) is 13.0 Å². The molecule has 2 aromatic rings. The summed E-state index contributed by atoms with van der Waals surface area (Å²) in [6, 6.07) is 13.4. The highest BCUT2D eigenvalue weighted by molar-refractivity contribution is 9.10. The minimum atomic E-state index is -0.190. The largest absolute Gasteiger partial charge is 0.496 e. The molecule has 0 spiro atoms. The summed E-state index contributed by atoms with van der Waals surface area (Å²) in [6.45, 7) is 0.425. The third-order valence-corrected chi connectivity index (χ3v) is 4.19. The van der Waals surface area contributed by atoms with Crippen LogP contribution in [0.25, 0.3) is 0 Å². The number of fused-ring (bicyclic) bond motifs is 1. The van der Waals surface area contributed by atoms with Crippen molar-refractivity contribution in [1.29, 1.82) is 0 Å². The van der Waals surface area contributed by atoms with Crippen LogP contribution >= 0.6 is 15.9 Å². The number of carbonyl (C=O) groups excluding carboxylic acids is 1. The average Bonchev–Trinajstić information content (AvgIpc) is 2.91. The van der Waals surface area contributed by atoms with Gasteiger partial charge in [0, 0.05) is 22.0 Å². The number of halogens is 1. The van der Waals surface area contributed by atoms with Gasteiger partial charge in [0.05, 0.1) is 13.0 Å². The predicted molar refractivity (Wildman–Crippen MR) is 84.1 cm³/mol. The molecule has 1 unspecified atom stereocenters. The minimum Gasteiger partial charge on any atom is -0.496 e. The molecular formula is C17H15BrO3. The van der Waals surface area contributed by atoms with Gasteiger partial charge in [-0.15, -0.1) is 0 Å². The van der Waals surface area contributed by atoms with E-state index in [-0.39, 0.29) is 11.7 Å². The molecule has 1 heterocycles. The first kappa shape index (κ1) is 14.1. The van der Waals surface area contributed by atoms with E-state index in [1.54, 1.807) is 7.11 Å². The molecule has 21 heavy (non-hydrogen) atoms. The molecular weight excluding hydrogens is 332 g/mol. The second-order valence-electron chi connectivity index (χ2n) is 5.00. The number of carbonyl (C=O) groups is 1. The first-order chi connectivity index (χ1) is 10.2. The van der Waals surface area contributed by atoms with Crippen LogP contribution in [-0.4, -0.2) is 19.5 Å². The summed E-state index contributed by atoms with van der Waals surface area (Å²) in [4.78, 5) is 12.6. The monoisotopic (exact) mass is 346 g/mol. The van der Waals surface area contributed by atoms with Gasteiger partial charge in [0.25, 0.3) is 0 Å². The Morgan fingerprint density at radius 2 is 2.14 bits per heavy atom. The quantitative estimate of drug-likeness (QED) is 0.845. The van der Waals surface area contributed by atoms with Gasteiger partial charge in [-0.2, -0.15) is 0 Å². The van der Waals surface area contributed by atoms with Crippen molar-refractivity contribution in [2.75, 3.05) is 13.7 Å². The number of methoxy groups -OCH3 is 1. The molecule has 3 rings (SSSR count). The third kappa shape index (κ3) is 2.81. The van der Waals surface area contributed by atoms with Gasteiger partial charge < -0.3 is 9.47 Å². The fourth-order valence-electron chi connectivity index (χ4n) is 2.63. The summed E-state index contributed by atoms with van der Waals surface area (Å²) in [5, 5.41) is 0. The lowest BCUT2D eigenvalue weighted by Crippen LogP contribution is -2.16. The van der Waals surface area contributed by atoms with Gasteiger partial charge in [0.15, 0.2) is 0 Å². The molecule has 2 aromatic carbocycles. The number of hydrogen-bond acceptors (Lipinski definition) is 3. The van der Waals surface area contributed by atoms with E-state index in [9.17, 15) is 4.79 Å². The van der Waals surface area contributed by atoms with Gasteiger partial charge in [0.2, 0.25) is 0 Å². The van der Waals surface area contributed by atoms with Crippen molar-refractivity contribution >= 4 is 21.7 Å². The minimum absolute atomic E-state index is 0.149. The topological polar surface area (TPSA) is 35.5 Å². The van der Waals surface area contributed by atoms with Crippen LogP contribution in [0.5, 0.6) is 11.5 Å². The summed E-state index contributed by atoms with van der Waals surface area (Å²) < 4.78 is 11.9. The number of benzene rings is 2. The van der Waals surface area contributed by atoms with E-state index < -0.39 is 0 Å². The Kier molecular flexibility index (Phi) is 3.97. The summed E-state index contributed by atoms with van der Waals surface area (Å²) >= 11 is 3.43. The third-order valence-electron chi connectivity index (χ3n) is 3.70. The van der Waals surface area contributed by atoms with Crippen molar-refractivity contribution in [2.24, 2.45) is 0 Å². The molecule has 1 atom stereocenters. The van der Waals surface area contributed by atoms with E-state index in [2.05, 4.69) is 15.9 Å². The number of Topliss-reactive ketones (excluding diaryl/α,β-unsaturated/α-hetero) is 1. The smallest absolute Gasteiger partial charge is 0.148 e. The lowest BCUT2D eigenvalue weighted by atomic mass is 9.92. The first-order valence-electron chi connectivity index (χ1n) is 6.76. The van der Waals surface area contributed by atoms with Crippen molar-refractivity contribution < 1.29 is 14.3 Å². The van der Waals surface area contributed by atoms with Gasteiger partial charge in [-0.1, -0.05) is 34.1 Å². The van der Waals surface area contributed by atoms with Crippen LogP contribution in [0.15, 0.2) is 46.9 Å². The molecule has 0 radical (unpaired) electrons. The lowest BCUT2D eigenvalue weighted by molar-refractivity contribution is -0.120. The zero-order valence-electron chi connectivity index (χ0n) is 11.6. The number of ether oxygens (including phenoxy) is 2. The average molecular weight is 347 g/mol. The Morgan fingerprint density at radius 1 is 1.33 bits per heavy atom. The van der Waals surface area contributed by atoms with Crippen molar-refractivity contribution in [3.63, 3.8) is 0 Å². The number of ketones is 1. The van der Waals surface area contributed by atoms with E-state index in [1.807, 2.05) is 42.5 Å². The zero-order chi connectivity index (χ0) is 14.8. The molecule has 0 N–H and O–H groups in total. The van der Waals surface area contributed by atoms with E-state index in [4.69, 9.17) is 9.47 Å². The molecule has 0 aromatic heterocycles. The molecule has 0 amide bonds. The van der Waals surface area contributed by atoms with Gasteiger partial charge in [-0.25, -0.2) is 0 Å². The van der Waals surface area contributed by atoms with Gasteiger partial charge in [-0.3, -0.25) is 4.79 Å². The summed E-state index contributed by atoms with van der Waals surface area (Å²) in [7, 11) is 1.62. The molecule has 108 valence electrons. The zero-order valence-corrected chi connectivity index (χ0v) is 13.2. The fraction of sp³-hybridized carbons (Fsp3) is 0.235. The SMILES string of the molecule is COc1ccc(Br)cc1CC(=O)C1COc2ccccc21. The van der Waals surface area contributed by atoms with Crippen LogP contribution in [0.2, 0.25) is 0 Å². The summed E-state index contributed by atoms with van der Waals surface area (Å²) in [5.41, 5.74) is 1.87. The number of para-hydroxylation sites is 1. The van der Waals surface area contributed by atoms with Gasteiger partial charge >= 0.3 is 0 Å². The molecule has 0 aliphatic carbocycles. The van der Waals surface area contributed by atoms with Crippen molar-refractivity contribution in [1.82, 2.24) is 0 Å². The Balaban J connectivity index is 1.83. The highest BCUT2D eigenvalue weighted by Gasteiger charge is 2.30.